The number of carbonyl (C=O) groups is 2. The summed E-state index contributed by atoms with van der Waals surface area (Å²) in [5.74, 6) is -0.690. The fourth-order valence-electron chi connectivity index (χ4n) is 3.01. The largest absolute Gasteiger partial charge is 0.336 e. The average molecular weight is 381 g/mol. The molecule has 1 aliphatic rings. The summed E-state index contributed by atoms with van der Waals surface area (Å²) in [6.45, 7) is 4.80. The molecule has 0 aromatic heterocycles. The van der Waals surface area contributed by atoms with E-state index in [1.165, 1.54) is 12.1 Å². The van der Waals surface area contributed by atoms with E-state index in [2.05, 4.69) is 10.2 Å². The van der Waals surface area contributed by atoms with Crippen LogP contribution in [0.1, 0.15) is 22.8 Å². The minimum absolute atomic E-state index is 0.00149. The first-order valence-corrected chi connectivity index (χ1v) is 9.26. The molecule has 1 saturated heterocycles. The molecule has 1 fully saturated rings. The molecule has 0 aliphatic carbocycles. The van der Waals surface area contributed by atoms with E-state index in [9.17, 15) is 14.0 Å². The molecule has 146 valence electrons. The predicted octanol–water partition coefficient (Wildman–Crippen LogP) is 3.26. The van der Waals surface area contributed by atoms with E-state index >= 15 is 0 Å². The van der Waals surface area contributed by atoms with E-state index in [0.717, 1.165) is 13.1 Å². The molecule has 0 saturated carbocycles. The fourth-order valence-corrected chi connectivity index (χ4v) is 3.01. The molecule has 2 aromatic rings. The molecule has 2 amide bonds. The zero-order valence-corrected chi connectivity index (χ0v) is 16.1. The maximum atomic E-state index is 13.7. The van der Waals surface area contributed by atoms with Gasteiger partial charge in [-0.3, -0.25) is 9.59 Å². The second kappa shape index (κ2) is 8.80. The van der Waals surface area contributed by atoms with Crippen molar-refractivity contribution >= 4 is 23.6 Å². The van der Waals surface area contributed by atoms with Gasteiger partial charge in [0, 0.05) is 48.6 Å². The third-order valence-corrected chi connectivity index (χ3v) is 4.82. The van der Waals surface area contributed by atoms with Crippen LogP contribution in [0.25, 0.3) is 6.08 Å². The first-order chi connectivity index (χ1) is 13.4. The highest BCUT2D eigenvalue weighted by molar-refractivity contribution is 6.06. The van der Waals surface area contributed by atoms with Gasteiger partial charge in [0.25, 0.3) is 11.8 Å². The van der Waals surface area contributed by atoms with Gasteiger partial charge in [-0.25, -0.2) is 4.39 Å². The summed E-state index contributed by atoms with van der Waals surface area (Å²) < 4.78 is 13.7. The summed E-state index contributed by atoms with van der Waals surface area (Å²) in [6.07, 6.45) is 1.51. The molecule has 0 bridgehead atoms. The van der Waals surface area contributed by atoms with Crippen LogP contribution in [0, 0.1) is 5.82 Å². The summed E-state index contributed by atoms with van der Waals surface area (Å²) in [5, 5.41) is 2.77. The van der Waals surface area contributed by atoms with Crippen molar-refractivity contribution in [2.45, 2.75) is 6.92 Å². The summed E-state index contributed by atoms with van der Waals surface area (Å²) in [7, 11) is 2.04. The van der Waals surface area contributed by atoms with Crippen LogP contribution in [0.4, 0.5) is 10.1 Å². The van der Waals surface area contributed by atoms with Gasteiger partial charge in [0.15, 0.2) is 0 Å². The van der Waals surface area contributed by atoms with E-state index in [0.29, 0.717) is 35.5 Å². The number of amides is 2. The number of carbonyl (C=O) groups excluding carboxylic acids is 2. The first kappa shape index (κ1) is 19.8. The maximum Gasteiger partial charge on any atom is 0.253 e. The van der Waals surface area contributed by atoms with Crippen LogP contribution in [0.2, 0.25) is 0 Å². The molecule has 0 radical (unpaired) electrons. The Labute approximate surface area is 164 Å². The number of hydrogen-bond acceptors (Lipinski definition) is 3. The zero-order valence-electron chi connectivity index (χ0n) is 16.1. The van der Waals surface area contributed by atoms with Crippen molar-refractivity contribution in [2.24, 2.45) is 0 Å². The van der Waals surface area contributed by atoms with Crippen LogP contribution in [0.3, 0.4) is 0 Å². The highest BCUT2D eigenvalue weighted by atomic mass is 19.1. The number of likely N-dealkylation sites (N-methyl/N-ethyl adjacent to an activating group) is 1. The number of nitrogens with one attached hydrogen (secondary N) is 1. The lowest BCUT2D eigenvalue weighted by atomic mass is 10.1. The molecular weight excluding hydrogens is 357 g/mol. The Morgan fingerprint density at radius 3 is 2.29 bits per heavy atom. The van der Waals surface area contributed by atoms with Gasteiger partial charge in [0.05, 0.1) is 0 Å². The minimum atomic E-state index is -0.374. The molecule has 1 N–H and O–H groups in total. The highest BCUT2D eigenvalue weighted by Gasteiger charge is 2.20. The highest BCUT2D eigenvalue weighted by Crippen LogP contribution is 2.16. The summed E-state index contributed by atoms with van der Waals surface area (Å²) in [6, 6.07) is 13.1. The Bertz CT molecular complexity index is 885. The van der Waals surface area contributed by atoms with Crippen molar-refractivity contribution in [3.8, 4) is 0 Å². The summed E-state index contributed by atoms with van der Waals surface area (Å²) in [5.41, 5.74) is 1.94. The number of benzene rings is 2. The quantitative estimate of drug-likeness (QED) is 0.827. The van der Waals surface area contributed by atoms with Crippen molar-refractivity contribution in [1.82, 2.24) is 9.80 Å². The van der Waals surface area contributed by atoms with Crippen LogP contribution in [-0.2, 0) is 4.79 Å². The molecule has 5 nitrogen and oxygen atoms in total. The van der Waals surface area contributed by atoms with Crippen LogP contribution >= 0.6 is 0 Å². The minimum Gasteiger partial charge on any atom is -0.336 e. The van der Waals surface area contributed by atoms with Crippen molar-refractivity contribution in [2.75, 3.05) is 38.5 Å². The third-order valence-electron chi connectivity index (χ3n) is 4.82. The van der Waals surface area contributed by atoms with Gasteiger partial charge < -0.3 is 15.1 Å². The van der Waals surface area contributed by atoms with E-state index in [1.54, 1.807) is 49.4 Å². The number of piperazine rings is 1. The second-order valence-corrected chi connectivity index (χ2v) is 6.98. The van der Waals surface area contributed by atoms with Gasteiger partial charge in [-0.05, 0) is 50.4 Å². The van der Waals surface area contributed by atoms with Gasteiger partial charge in [0.1, 0.15) is 5.82 Å². The Morgan fingerprint density at radius 2 is 1.64 bits per heavy atom. The van der Waals surface area contributed by atoms with E-state index in [4.69, 9.17) is 0 Å². The smallest absolute Gasteiger partial charge is 0.253 e. The Kier molecular flexibility index (Phi) is 6.21. The topological polar surface area (TPSA) is 52.7 Å². The monoisotopic (exact) mass is 381 g/mol. The molecule has 28 heavy (non-hydrogen) atoms. The van der Waals surface area contributed by atoms with Gasteiger partial charge in [-0.1, -0.05) is 18.2 Å². The standard InChI is InChI=1S/C22H24FN3O2/c1-16(15-18-5-3-4-6-20(18)23)21(27)24-19-9-7-17(8-10-19)22(28)26-13-11-25(2)12-14-26/h3-10,15H,11-14H2,1-2H3,(H,24,27)/b16-15+. The Balaban J connectivity index is 1.63. The number of hydrogen-bond donors (Lipinski definition) is 1. The maximum absolute atomic E-state index is 13.7. The Morgan fingerprint density at radius 1 is 1.00 bits per heavy atom. The molecule has 0 unspecified atom stereocenters. The molecule has 6 heteroatoms. The fraction of sp³-hybridized carbons (Fsp3) is 0.273. The van der Waals surface area contributed by atoms with Crippen molar-refractivity contribution in [1.29, 1.82) is 0 Å². The summed E-state index contributed by atoms with van der Waals surface area (Å²) >= 11 is 0. The lowest BCUT2D eigenvalue weighted by Crippen LogP contribution is -2.47. The number of rotatable bonds is 4. The SMILES string of the molecule is C/C(=C\c1ccccc1F)C(=O)Nc1ccc(C(=O)N2CCN(C)CC2)cc1. The number of halogens is 1. The van der Waals surface area contributed by atoms with Gasteiger partial charge >= 0.3 is 0 Å². The molecule has 2 aromatic carbocycles. The molecule has 3 rings (SSSR count). The van der Waals surface area contributed by atoms with Crippen molar-refractivity contribution < 1.29 is 14.0 Å². The molecule has 1 heterocycles. The number of nitrogens with zero attached hydrogens (tertiary/aromatic N) is 2. The van der Waals surface area contributed by atoms with E-state index < -0.39 is 0 Å². The molecule has 1 aliphatic heterocycles. The van der Waals surface area contributed by atoms with E-state index in [-0.39, 0.29) is 17.6 Å². The second-order valence-electron chi connectivity index (χ2n) is 6.98. The van der Waals surface area contributed by atoms with Gasteiger partial charge in [-0.15, -0.1) is 0 Å². The predicted molar refractivity (Wildman–Crippen MR) is 109 cm³/mol. The normalized spacial score (nSPS) is 15.4. The van der Waals surface area contributed by atoms with Crippen LogP contribution < -0.4 is 5.32 Å². The van der Waals surface area contributed by atoms with Crippen molar-refractivity contribution in [3.05, 3.63) is 71.0 Å². The lowest BCUT2D eigenvalue weighted by molar-refractivity contribution is -0.112. The van der Waals surface area contributed by atoms with Crippen LogP contribution in [0.15, 0.2) is 54.1 Å². The van der Waals surface area contributed by atoms with Crippen molar-refractivity contribution in [3.63, 3.8) is 0 Å². The van der Waals surface area contributed by atoms with Gasteiger partial charge in [-0.2, -0.15) is 0 Å². The zero-order chi connectivity index (χ0) is 20.1. The molecule has 0 spiro atoms. The Hall–Kier alpha value is -2.99. The summed E-state index contributed by atoms with van der Waals surface area (Å²) in [4.78, 5) is 28.9. The molecule has 0 atom stereocenters. The molecular formula is C22H24FN3O2. The number of anilines is 1. The average Bonchev–Trinajstić information content (AvgIpc) is 2.70. The lowest BCUT2D eigenvalue weighted by Gasteiger charge is -2.32. The third kappa shape index (κ3) is 4.84. The van der Waals surface area contributed by atoms with Crippen LogP contribution in [0.5, 0.6) is 0 Å². The van der Waals surface area contributed by atoms with E-state index in [1.807, 2.05) is 11.9 Å². The first-order valence-electron chi connectivity index (χ1n) is 9.26. The van der Waals surface area contributed by atoms with Crippen LogP contribution in [-0.4, -0.2) is 54.8 Å². The van der Waals surface area contributed by atoms with Gasteiger partial charge in [0.2, 0.25) is 0 Å².